The van der Waals surface area contributed by atoms with Gasteiger partial charge in [0.1, 0.15) is 5.82 Å². The van der Waals surface area contributed by atoms with E-state index in [4.69, 9.17) is 13.7 Å². The molecule has 132 valence electrons. The van der Waals surface area contributed by atoms with Gasteiger partial charge in [0, 0.05) is 12.4 Å². The molecule has 3 heterocycles. The third kappa shape index (κ3) is 4.05. The molecule has 27 heavy (non-hydrogen) atoms. The zero-order chi connectivity index (χ0) is 18.8. The van der Waals surface area contributed by atoms with Crippen LogP contribution in [0.1, 0.15) is 0 Å². The summed E-state index contributed by atoms with van der Waals surface area (Å²) in [6.45, 7) is 0. The fraction of sp³-hybridized carbons (Fsp3) is 0. The SMILES string of the molecule is Fc1ccc(B2OB(c3ccc(F)nc3)OB(c3ccc(F)nc3)O2)cc1. The van der Waals surface area contributed by atoms with E-state index in [1.54, 1.807) is 0 Å². The molecular weight excluding hydrogens is 358 g/mol. The lowest BCUT2D eigenvalue weighted by molar-refractivity contribution is 0.308. The minimum Gasteiger partial charge on any atom is -0.445 e. The minimum absolute atomic E-state index is 0.399. The van der Waals surface area contributed by atoms with Gasteiger partial charge in [0.25, 0.3) is 0 Å². The van der Waals surface area contributed by atoms with Crippen molar-refractivity contribution < 1.29 is 26.9 Å². The summed E-state index contributed by atoms with van der Waals surface area (Å²) in [7, 11) is -2.77. The summed E-state index contributed by atoms with van der Waals surface area (Å²) in [5, 5.41) is 0. The van der Waals surface area contributed by atoms with E-state index in [1.807, 2.05) is 0 Å². The molecule has 0 saturated carbocycles. The fourth-order valence-electron chi connectivity index (χ4n) is 2.58. The van der Waals surface area contributed by atoms with E-state index in [0.29, 0.717) is 16.4 Å². The molecule has 0 aliphatic carbocycles. The maximum absolute atomic E-state index is 13.2. The van der Waals surface area contributed by atoms with Crippen molar-refractivity contribution in [2.75, 3.05) is 0 Å². The van der Waals surface area contributed by atoms with Gasteiger partial charge in [-0.3, -0.25) is 0 Å². The van der Waals surface area contributed by atoms with Crippen molar-refractivity contribution in [2.45, 2.75) is 0 Å². The molecule has 0 atom stereocenters. The Kier molecular flexibility index (Phi) is 4.97. The molecule has 0 spiro atoms. The van der Waals surface area contributed by atoms with E-state index in [1.165, 1.54) is 60.9 Å². The summed E-state index contributed by atoms with van der Waals surface area (Å²) in [5.74, 6) is -1.68. The molecule has 1 fully saturated rings. The van der Waals surface area contributed by atoms with Gasteiger partial charge in [-0.25, -0.2) is 14.4 Å². The van der Waals surface area contributed by atoms with E-state index in [2.05, 4.69) is 9.97 Å². The number of pyridine rings is 2. The lowest BCUT2D eigenvalue weighted by Crippen LogP contribution is -2.61. The summed E-state index contributed by atoms with van der Waals surface area (Å²) in [6.07, 6.45) is 2.57. The van der Waals surface area contributed by atoms with Gasteiger partial charge in [-0.1, -0.05) is 24.3 Å². The highest BCUT2D eigenvalue weighted by Gasteiger charge is 2.43. The Bertz CT molecular complexity index is 789. The summed E-state index contributed by atoms with van der Waals surface area (Å²) < 4.78 is 56.8. The molecular formula is C16H10B3F3N2O3. The van der Waals surface area contributed by atoms with Crippen LogP contribution in [0.3, 0.4) is 0 Å². The van der Waals surface area contributed by atoms with Gasteiger partial charge in [0.05, 0.1) is 0 Å². The molecule has 0 amide bonds. The van der Waals surface area contributed by atoms with Gasteiger partial charge in [-0.2, -0.15) is 8.78 Å². The van der Waals surface area contributed by atoms with Crippen LogP contribution in [0, 0.1) is 17.7 Å². The van der Waals surface area contributed by atoms with Crippen molar-refractivity contribution in [2.24, 2.45) is 0 Å². The molecule has 1 aromatic carbocycles. The van der Waals surface area contributed by atoms with Gasteiger partial charge >= 0.3 is 21.4 Å². The predicted molar refractivity (Wildman–Crippen MR) is 94.2 cm³/mol. The molecule has 0 N–H and O–H groups in total. The molecule has 5 nitrogen and oxygen atoms in total. The Labute approximate surface area is 153 Å². The Morgan fingerprint density at radius 3 is 1.37 bits per heavy atom. The first kappa shape index (κ1) is 17.8. The number of aromatic nitrogens is 2. The quantitative estimate of drug-likeness (QED) is 0.497. The number of hydrogen-bond acceptors (Lipinski definition) is 5. The zero-order valence-corrected chi connectivity index (χ0v) is 13.8. The van der Waals surface area contributed by atoms with Crippen LogP contribution in [-0.2, 0) is 13.7 Å². The van der Waals surface area contributed by atoms with Crippen LogP contribution in [-0.4, -0.2) is 31.3 Å². The Balaban J connectivity index is 1.66. The monoisotopic (exact) mass is 368 g/mol. The van der Waals surface area contributed by atoms with Crippen molar-refractivity contribution >= 4 is 37.7 Å². The van der Waals surface area contributed by atoms with Crippen LogP contribution in [0.25, 0.3) is 0 Å². The third-order valence-electron chi connectivity index (χ3n) is 3.93. The van der Waals surface area contributed by atoms with Crippen LogP contribution < -0.4 is 16.4 Å². The van der Waals surface area contributed by atoms with E-state index in [-0.39, 0.29) is 0 Å². The van der Waals surface area contributed by atoms with Gasteiger partial charge in [-0.05, 0) is 40.7 Å². The normalized spacial score (nSPS) is 14.6. The lowest BCUT2D eigenvalue weighted by atomic mass is 9.62. The number of rotatable bonds is 3. The van der Waals surface area contributed by atoms with Crippen LogP contribution in [0.4, 0.5) is 13.2 Å². The van der Waals surface area contributed by atoms with Gasteiger partial charge in [0.15, 0.2) is 0 Å². The van der Waals surface area contributed by atoms with Gasteiger partial charge in [0.2, 0.25) is 11.9 Å². The smallest absolute Gasteiger partial charge is 0.445 e. The van der Waals surface area contributed by atoms with E-state index in [9.17, 15) is 13.2 Å². The number of halogens is 3. The Morgan fingerprint density at radius 2 is 0.963 bits per heavy atom. The zero-order valence-electron chi connectivity index (χ0n) is 13.8. The topological polar surface area (TPSA) is 53.5 Å². The first-order chi connectivity index (χ1) is 13.1. The van der Waals surface area contributed by atoms with Crippen LogP contribution in [0.5, 0.6) is 0 Å². The van der Waals surface area contributed by atoms with Crippen LogP contribution in [0.15, 0.2) is 60.9 Å². The molecule has 4 rings (SSSR count). The molecule has 2 aromatic heterocycles. The number of benzene rings is 1. The Morgan fingerprint density at radius 1 is 0.556 bits per heavy atom. The average Bonchev–Trinajstić information content (AvgIpc) is 2.69. The highest BCUT2D eigenvalue weighted by atomic mass is 19.1. The second-order valence-electron chi connectivity index (χ2n) is 5.78. The van der Waals surface area contributed by atoms with Gasteiger partial charge in [-0.15, -0.1) is 0 Å². The van der Waals surface area contributed by atoms with Crippen molar-refractivity contribution in [1.29, 1.82) is 0 Å². The fourth-order valence-corrected chi connectivity index (χ4v) is 2.58. The standard InChI is InChI=1S/C16H10B3F3N2O3/c20-14-5-1-11(2-6-14)17-25-18(12-3-7-15(21)23-9-12)27-19(26-17)13-4-8-16(22)24-10-13/h1-10H. The molecule has 1 aliphatic rings. The Hall–Kier alpha value is -2.62. The lowest BCUT2D eigenvalue weighted by Gasteiger charge is -2.31. The predicted octanol–water partition coefficient (Wildman–Crippen LogP) is 0.443. The molecule has 11 heteroatoms. The highest BCUT2D eigenvalue weighted by Crippen LogP contribution is 2.10. The summed E-state index contributed by atoms with van der Waals surface area (Å²) >= 11 is 0. The summed E-state index contributed by atoms with van der Waals surface area (Å²) in [4.78, 5) is 7.19. The highest BCUT2D eigenvalue weighted by molar-refractivity contribution is 6.87. The van der Waals surface area contributed by atoms with Crippen LogP contribution >= 0.6 is 0 Å². The number of hydrogen-bond donors (Lipinski definition) is 0. The van der Waals surface area contributed by atoms with E-state index >= 15 is 0 Å². The third-order valence-corrected chi connectivity index (χ3v) is 3.93. The van der Waals surface area contributed by atoms with E-state index < -0.39 is 39.1 Å². The number of nitrogens with zero attached hydrogens (tertiary/aromatic N) is 2. The first-order valence-electron chi connectivity index (χ1n) is 8.03. The van der Waals surface area contributed by atoms with Crippen molar-refractivity contribution in [3.63, 3.8) is 0 Å². The molecule has 0 unspecified atom stereocenters. The maximum Gasteiger partial charge on any atom is 0.468 e. The first-order valence-corrected chi connectivity index (χ1v) is 8.03. The second kappa shape index (κ2) is 7.55. The average molecular weight is 368 g/mol. The molecule has 0 radical (unpaired) electrons. The van der Waals surface area contributed by atoms with Crippen molar-refractivity contribution in [1.82, 2.24) is 9.97 Å². The molecule has 0 bridgehead atoms. The molecule has 1 saturated heterocycles. The maximum atomic E-state index is 13.2. The molecule has 1 aliphatic heterocycles. The second-order valence-corrected chi connectivity index (χ2v) is 5.78. The van der Waals surface area contributed by atoms with Crippen molar-refractivity contribution in [3.8, 4) is 0 Å². The van der Waals surface area contributed by atoms with E-state index in [0.717, 1.165) is 0 Å². The largest absolute Gasteiger partial charge is 0.468 e. The van der Waals surface area contributed by atoms with Crippen LogP contribution in [0.2, 0.25) is 0 Å². The van der Waals surface area contributed by atoms with Gasteiger partial charge < -0.3 is 13.7 Å². The summed E-state index contributed by atoms with van der Waals surface area (Å²) in [6, 6.07) is 10.9. The summed E-state index contributed by atoms with van der Waals surface area (Å²) in [5.41, 5.74) is 1.48. The molecule has 3 aromatic rings. The minimum atomic E-state index is -0.933. The van der Waals surface area contributed by atoms with Crippen molar-refractivity contribution in [3.05, 3.63) is 78.6 Å².